The van der Waals surface area contributed by atoms with Crippen LogP contribution in [0.25, 0.3) is 0 Å². The molecule has 102 valence electrons. The number of halogens is 1. The Kier molecular flexibility index (Phi) is 3.49. The number of guanidine groups is 1. The van der Waals surface area contributed by atoms with E-state index in [1.807, 2.05) is 12.1 Å². The molecule has 2 N–H and O–H groups in total. The summed E-state index contributed by atoms with van der Waals surface area (Å²) in [4.78, 5) is 6.53. The summed E-state index contributed by atoms with van der Waals surface area (Å²) < 4.78 is 1.04. The van der Waals surface area contributed by atoms with Gasteiger partial charge in [0.15, 0.2) is 5.96 Å². The number of hydrogen-bond donors (Lipinski definition) is 1. The van der Waals surface area contributed by atoms with Crippen molar-refractivity contribution in [1.82, 2.24) is 0 Å². The second-order valence-electron chi connectivity index (χ2n) is 4.92. The predicted octanol–water partition coefficient (Wildman–Crippen LogP) is 3.63. The minimum Gasteiger partial charge on any atom is -0.369 e. The van der Waals surface area contributed by atoms with Gasteiger partial charge in [0.05, 0.1) is 12.6 Å². The van der Waals surface area contributed by atoms with Crippen molar-refractivity contribution in [3.63, 3.8) is 0 Å². The smallest absolute Gasteiger partial charge is 0.196 e. The average molecular weight is 330 g/mol. The first-order chi connectivity index (χ1) is 9.66. The number of benzene rings is 2. The quantitative estimate of drug-likeness (QED) is 0.913. The highest BCUT2D eigenvalue weighted by Gasteiger charge is 2.29. The lowest BCUT2D eigenvalue weighted by molar-refractivity contribution is 0.762. The largest absolute Gasteiger partial charge is 0.369 e. The molecule has 0 aromatic heterocycles. The molecule has 0 fully saturated rings. The minimum absolute atomic E-state index is 0.172. The van der Waals surface area contributed by atoms with Crippen LogP contribution in [0.2, 0.25) is 0 Å². The summed E-state index contributed by atoms with van der Waals surface area (Å²) in [6, 6.07) is 16.7. The van der Waals surface area contributed by atoms with Crippen molar-refractivity contribution in [2.24, 2.45) is 10.7 Å². The van der Waals surface area contributed by atoms with E-state index in [4.69, 9.17) is 5.73 Å². The molecule has 0 saturated carbocycles. The highest BCUT2D eigenvalue weighted by atomic mass is 79.9. The molecule has 0 bridgehead atoms. The van der Waals surface area contributed by atoms with E-state index in [1.54, 1.807) is 0 Å². The molecule has 0 amide bonds. The maximum absolute atomic E-state index is 6.10. The van der Waals surface area contributed by atoms with Crippen LogP contribution in [0, 0.1) is 6.92 Å². The van der Waals surface area contributed by atoms with Gasteiger partial charge in [0.25, 0.3) is 0 Å². The van der Waals surface area contributed by atoms with E-state index < -0.39 is 0 Å². The predicted molar refractivity (Wildman–Crippen MR) is 87.0 cm³/mol. The Balaban J connectivity index is 2.03. The molecule has 3 rings (SSSR count). The van der Waals surface area contributed by atoms with Crippen molar-refractivity contribution >= 4 is 27.6 Å². The molecule has 2 aromatic carbocycles. The fourth-order valence-corrected chi connectivity index (χ4v) is 3.02. The fourth-order valence-electron chi connectivity index (χ4n) is 2.63. The SMILES string of the molecule is Cc1ccccc1C1CN=C(N)N1c1cccc(Br)c1. The first-order valence-electron chi connectivity index (χ1n) is 6.57. The van der Waals surface area contributed by atoms with Crippen LogP contribution in [-0.4, -0.2) is 12.5 Å². The molecule has 0 radical (unpaired) electrons. The molecule has 0 aliphatic carbocycles. The van der Waals surface area contributed by atoms with Crippen LogP contribution in [0.5, 0.6) is 0 Å². The van der Waals surface area contributed by atoms with Crippen molar-refractivity contribution in [3.05, 3.63) is 64.1 Å². The fraction of sp³-hybridized carbons (Fsp3) is 0.188. The van der Waals surface area contributed by atoms with Gasteiger partial charge < -0.3 is 10.6 Å². The van der Waals surface area contributed by atoms with Gasteiger partial charge in [-0.1, -0.05) is 46.3 Å². The molecule has 1 aliphatic heterocycles. The van der Waals surface area contributed by atoms with Gasteiger partial charge in [-0.3, -0.25) is 4.99 Å². The summed E-state index contributed by atoms with van der Waals surface area (Å²) in [6.45, 7) is 2.83. The highest BCUT2D eigenvalue weighted by Crippen LogP contribution is 2.33. The number of aryl methyl sites for hydroxylation is 1. The van der Waals surface area contributed by atoms with Gasteiger partial charge in [-0.05, 0) is 36.2 Å². The molecule has 2 aromatic rings. The summed E-state index contributed by atoms with van der Waals surface area (Å²) in [5.74, 6) is 0.580. The zero-order valence-electron chi connectivity index (χ0n) is 11.3. The van der Waals surface area contributed by atoms with Gasteiger partial charge in [0.1, 0.15) is 0 Å². The number of nitrogens with zero attached hydrogens (tertiary/aromatic N) is 2. The third-order valence-electron chi connectivity index (χ3n) is 3.62. The Bertz CT molecular complexity index is 666. The molecule has 1 aliphatic rings. The van der Waals surface area contributed by atoms with Crippen molar-refractivity contribution in [2.75, 3.05) is 11.4 Å². The Morgan fingerprint density at radius 1 is 1.20 bits per heavy atom. The van der Waals surface area contributed by atoms with Gasteiger partial charge in [0.2, 0.25) is 0 Å². The molecule has 0 spiro atoms. The van der Waals surface area contributed by atoms with Gasteiger partial charge >= 0.3 is 0 Å². The summed E-state index contributed by atoms with van der Waals surface area (Å²) >= 11 is 3.51. The molecule has 1 unspecified atom stereocenters. The van der Waals surface area contributed by atoms with Crippen LogP contribution >= 0.6 is 15.9 Å². The van der Waals surface area contributed by atoms with E-state index in [1.165, 1.54) is 11.1 Å². The summed E-state index contributed by atoms with van der Waals surface area (Å²) in [7, 11) is 0. The van der Waals surface area contributed by atoms with Crippen molar-refractivity contribution in [3.8, 4) is 0 Å². The van der Waals surface area contributed by atoms with Crippen molar-refractivity contribution in [1.29, 1.82) is 0 Å². The standard InChI is InChI=1S/C16H16BrN3/c1-11-5-2-3-8-14(11)15-10-19-16(18)20(15)13-7-4-6-12(17)9-13/h2-9,15H,10H2,1H3,(H2,18,19). The number of nitrogens with two attached hydrogens (primary N) is 1. The highest BCUT2D eigenvalue weighted by molar-refractivity contribution is 9.10. The molecule has 0 saturated heterocycles. The maximum Gasteiger partial charge on any atom is 0.196 e. The first kappa shape index (κ1) is 13.2. The maximum atomic E-state index is 6.10. The molecule has 1 heterocycles. The Labute approximate surface area is 127 Å². The van der Waals surface area contributed by atoms with E-state index >= 15 is 0 Å². The summed E-state index contributed by atoms with van der Waals surface area (Å²) in [5, 5.41) is 0. The monoisotopic (exact) mass is 329 g/mol. The van der Waals surface area contributed by atoms with Crippen LogP contribution in [0.3, 0.4) is 0 Å². The topological polar surface area (TPSA) is 41.6 Å². The van der Waals surface area contributed by atoms with E-state index in [-0.39, 0.29) is 6.04 Å². The summed E-state index contributed by atoms with van der Waals surface area (Å²) in [6.07, 6.45) is 0. The van der Waals surface area contributed by atoms with Crippen molar-refractivity contribution in [2.45, 2.75) is 13.0 Å². The number of rotatable bonds is 2. The normalized spacial score (nSPS) is 18.2. The zero-order valence-corrected chi connectivity index (χ0v) is 12.8. The zero-order chi connectivity index (χ0) is 14.1. The molecule has 4 heteroatoms. The lowest BCUT2D eigenvalue weighted by Gasteiger charge is -2.27. The Morgan fingerprint density at radius 2 is 2.00 bits per heavy atom. The van der Waals surface area contributed by atoms with Crippen LogP contribution in [0.1, 0.15) is 17.2 Å². The van der Waals surface area contributed by atoms with Gasteiger partial charge in [0, 0.05) is 10.2 Å². The lowest BCUT2D eigenvalue weighted by Crippen LogP contribution is -2.36. The second kappa shape index (κ2) is 5.29. The van der Waals surface area contributed by atoms with Crippen LogP contribution in [0.4, 0.5) is 5.69 Å². The molecular formula is C16H16BrN3. The summed E-state index contributed by atoms with van der Waals surface area (Å²) in [5.41, 5.74) is 9.70. The number of aliphatic imine (C=N–C) groups is 1. The Morgan fingerprint density at radius 3 is 2.75 bits per heavy atom. The van der Waals surface area contributed by atoms with Gasteiger partial charge in [-0.15, -0.1) is 0 Å². The molecule has 3 nitrogen and oxygen atoms in total. The van der Waals surface area contributed by atoms with Crippen LogP contribution in [0.15, 0.2) is 58.0 Å². The first-order valence-corrected chi connectivity index (χ1v) is 7.36. The average Bonchev–Trinajstić information content (AvgIpc) is 2.81. The Hall–Kier alpha value is -1.81. The number of hydrogen-bond acceptors (Lipinski definition) is 3. The third-order valence-corrected chi connectivity index (χ3v) is 4.11. The third kappa shape index (κ3) is 2.31. The van der Waals surface area contributed by atoms with E-state index in [2.05, 4.69) is 69.1 Å². The molecule has 20 heavy (non-hydrogen) atoms. The number of anilines is 1. The van der Waals surface area contributed by atoms with Gasteiger partial charge in [-0.2, -0.15) is 0 Å². The van der Waals surface area contributed by atoms with Crippen LogP contribution < -0.4 is 10.6 Å². The molecular weight excluding hydrogens is 314 g/mol. The van der Waals surface area contributed by atoms with E-state index in [0.29, 0.717) is 12.5 Å². The second-order valence-corrected chi connectivity index (χ2v) is 5.84. The minimum atomic E-state index is 0.172. The van der Waals surface area contributed by atoms with Crippen molar-refractivity contribution < 1.29 is 0 Å². The van der Waals surface area contributed by atoms with Gasteiger partial charge in [-0.25, -0.2) is 0 Å². The molecule has 1 atom stereocenters. The van der Waals surface area contributed by atoms with Crippen LogP contribution in [-0.2, 0) is 0 Å². The van der Waals surface area contributed by atoms with E-state index in [0.717, 1.165) is 10.2 Å². The van der Waals surface area contributed by atoms with E-state index in [9.17, 15) is 0 Å². The lowest BCUT2D eigenvalue weighted by atomic mass is 10.0.